The Morgan fingerprint density at radius 3 is 2.48 bits per heavy atom. The molecule has 6 rings (SSSR count). The molecule has 0 saturated carbocycles. The number of phenolic OH excluding ortho intramolecular Hbond substituents is 1. The van der Waals surface area contributed by atoms with Gasteiger partial charge < -0.3 is 14.7 Å². The quantitative estimate of drug-likeness (QED) is 0.216. The van der Waals surface area contributed by atoms with Crippen molar-refractivity contribution in [1.82, 2.24) is 9.55 Å². The standard InChI is InChI=1S/C28H18N3O.Pt/c32-27-15-6-5-14-26(27)31-19-30(24-12-3-4-13-25(24)31)22-10-7-9-21(18-22)28-23-11-2-1-8-20(23)16-17-29-28;/h1-17,32H;/q-1;+2. The number of para-hydroxylation sites is 4. The molecule has 1 N–H and O–H groups in total. The second-order valence-corrected chi connectivity index (χ2v) is 7.58. The second kappa shape index (κ2) is 8.65. The van der Waals surface area contributed by atoms with Gasteiger partial charge in [-0.3, -0.25) is 4.57 Å². The van der Waals surface area contributed by atoms with E-state index in [1.165, 1.54) is 0 Å². The monoisotopic (exact) mass is 607 g/mol. The van der Waals surface area contributed by atoms with Gasteiger partial charge in [0.05, 0.1) is 11.0 Å². The molecule has 0 aliphatic rings. The van der Waals surface area contributed by atoms with Crippen molar-refractivity contribution in [3.05, 3.63) is 116 Å². The van der Waals surface area contributed by atoms with Crippen molar-refractivity contribution in [2.24, 2.45) is 0 Å². The molecular weight excluding hydrogens is 589 g/mol. The number of hydrogen-bond acceptors (Lipinski definition) is 2. The Labute approximate surface area is 205 Å². The van der Waals surface area contributed by atoms with Crippen LogP contribution >= 0.6 is 0 Å². The van der Waals surface area contributed by atoms with Crippen molar-refractivity contribution in [3.8, 4) is 28.4 Å². The van der Waals surface area contributed by atoms with Crippen LogP contribution in [0.5, 0.6) is 5.75 Å². The summed E-state index contributed by atoms with van der Waals surface area (Å²) in [5, 5.41) is 12.7. The van der Waals surface area contributed by atoms with E-state index in [9.17, 15) is 5.11 Å². The molecule has 0 bridgehead atoms. The molecule has 0 unspecified atom stereocenters. The van der Waals surface area contributed by atoms with E-state index in [2.05, 4.69) is 29.5 Å². The average Bonchev–Trinajstić information content (AvgIpc) is 3.24. The van der Waals surface area contributed by atoms with Gasteiger partial charge >= 0.3 is 21.1 Å². The predicted molar refractivity (Wildman–Crippen MR) is 125 cm³/mol. The van der Waals surface area contributed by atoms with E-state index in [-0.39, 0.29) is 26.8 Å². The first kappa shape index (κ1) is 21.1. The summed E-state index contributed by atoms with van der Waals surface area (Å²) in [5.74, 6) is 0.203. The molecule has 0 amide bonds. The number of aromatic hydroxyl groups is 1. The van der Waals surface area contributed by atoms with E-state index >= 15 is 0 Å². The molecule has 4 nitrogen and oxygen atoms in total. The number of phenols is 1. The van der Waals surface area contributed by atoms with E-state index in [0.29, 0.717) is 5.69 Å². The molecule has 0 saturated heterocycles. The van der Waals surface area contributed by atoms with Gasteiger partial charge in [0.2, 0.25) is 0 Å². The summed E-state index contributed by atoms with van der Waals surface area (Å²) in [4.78, 5) is 4.65. The van der Waals surface area contributed by atoms with Crippen LogP contribution in [0.25, 0.3) is 44.4 Å². The molecule has 0 atom stereocenters. The van der Waals surface area contributed by atoms with E-state index in [4.69, 9.17) is 0 Å². The number of nitrogens with zero attached hydrogens (tertiary/aromatic N) is 3. The fourth-order valence-electron chi connectivity index (χ4n) is 4.13. The van der Waals surface area contributed by atoms with Crippen molar-refractivity contribution in [1.29, 1.82) is 0 Å². The molecular formula is C28H18N3OPt+. The molecule has 0 aliphatic carbocycles. The minimum Gasteiger partial charge on any atom is -0.511 e. The topological polar surface area (TPSA) is 41.9 Å². The number of aromatic nitrogens is 3. The molecule has 33 heavy (non-hydrogen) atoms. The van der Waals surface area contributed by atoms with Crippen LogP contribution in [-0.4, -0.2) is 14.7 Å². The molecule has 2 aromatic heterocycles. The summed E-state index contributed by atoms with van der Waals surface area (Å²) in [5.41, 5.74) is 5.25. The molecule has 0 radical (unpaired) electrons. The number of imidazole rings is 1. The third kappa shape index (κ3) is 3.63. The van der Waals surface area contributed by atoms with Gasteiger partial charge in [0.15, 0.2) is 0 Å². The third-order valence-electron chi connectivity index (χ3n) is 5.64. The summed E-state index contributed by atoms with van der Waals surface area (Å²) in [7, 11) is 0. The smallest absolute Gasteiger partial charge is 0.511 e. The van der Waals surface area contributed by atoms with Crippen LogP contribution in [0.1, 0.15) is 0 Å². The third-order valence-corrected chi connectivity index (χ3v) is 5.64. The summed E-state index contributed by atoms with van der Waals surface area (Å²) in [6.45, 7) is 0. The zero-order valence-corrected chi connectivity index (χ0v) is 19.7. The minimum absolute atomic E-state index is 0. The van der Waals surface area contributed by atoms with Crippen LogP contribution < -0.4 is 4.57 Å². The normalized spacial score (nSPS) is 10.9. The SMILES string of the molecule is Oc1ccccc1-n1[c-][n+](-c2[c-]c(-c3nccc4ccccc34)ccc2)c2ccccc21.[Pt+2]. The number of rotatable bonds is 3. The van der Waals surface area contributed by atoms with Gasteiger partial charge in [0, 0.05) is 6.20 Å². The Morgan fingerprint density at radius 1 is 0.788 bits per heavy atom. The molecule has 0 fully saturated rings. The van der Waals surface area contributed by atoms with E-state index in [1.54, 1.807) is 6.07 Å². The van der Waals surface area contributed by atoms with Crippen molar-refractivity contribution >= 4 is 21.8 Å². The first-order chi connectivity index (χ1) is 15.8. The number of pyridine rings is 1. The maximum Gasteiger partial charge on any atom is 2.00 e. The Balaban J connectivity index is 0.00000228. The van der Waals surface area contributed by atoms with Gasteiger partial charge in [-0.05, 0) is 40.4 Å². The summed E-state index contributed by atoms with van der Waals surface area (Å²) in [6.07, 6.45) is 5.24. The fraction of sp³-hybridized carbons (Fsp3) is 0. The molecule has 0 spiro atoms. The van der Waals surface area contributed by atoms with Crippen LogP contribution in [0.15, 0.2) is 103 Å². The molecule has 5 heteroatoms. The van der Waals surface area contributed by atoms with Crippen LogP contribution in [0.4, 0.5) is 0 Å². The summed E-state index contributed by atoms with van der Waals surface area (Å²) < 4.78 is 3.84. The predicted octanol–water partition coefficient (Wildman–Crippen LogP) is 5.43. The average molecular weight is 608 g/mol. The zero-order chi connectivity index (χ0) is 21.5. The van der Waals surface area contributed by atoms with Crippen molar-refractivity contribution in [2.45, 2.75) is 0 Å². The minimum atomic E-state index is 0. The summed E-state index contributed by atoms with van der Waals surface area (Å²) >= 11 is 0. The number of fused-ring (bicyclic) bond motifs is 2. The maximum absolute atomic E-state index is 10.4. The molecule has 6 aromatic rings. The van der Waals surface area contributed by atoms with Gasteiger partial charge in [-0.2, -0.15) is 0 Å². The Morgan fingerprint density at radius 2 is 1.58 bits per heavy atom. The van der Waals surface area contributed by atoms with Crippen molar-refractivity contribution in [3.63, 3.8) is 0 Å². The molecule has 160 valence electrons. The zero-order valence-electron chi connectivity index (χ0n) is 17.4. The van der Waals surface area contributed by atoms with E-state index < -0.39 is 0 Å². The van der Waals surface area contributed by atoms with Gasteiger partial charge in [-0.15, -0.1) is 29.8 Å². The van der Waals surface area contributed by atoms with E-state index in [1.807, 2.05) is 94.2 Å². The van der Waals surface area contributed by atoms with Crippen LogP contribution in [0, 0.1) is 12.4 Å². The number of hydrogen-bond donors (Lipinski definition) is 1. The largest absolute Gasteiger partial charge is 2.00 e. The first-order valence-electron chi connectivity index (χ1n) is 10.4. The molecule has 0 aliphatic heterocycles. The Kier molecular flexibility index (Phi) is 5.53. The van der Waals surface area contributed by atoms with Crippen LogP contribution in [0.2, 0.25) is 0 Å². The molecule has 2 heterocycles. The van der Waals surface area contributed by atoms with Crippen LogP contribution in [0.3, 0.4) is 0 Å². The Bertz CT molecular complexity index is 1600. The van der Waals surface area contributed by atoms with Gasteiger partial charge in [0.25, 0.3) is 6.33 Å². The maximum atomic E-state index is 10.4. The van der Waals surface area contributed by atoms with Gasteiger partial charge in [-0.25, -0.2) is 0 Å². The molecule has 4 aromatic carbocycles. The summed E-state index contributed by atoms with van der Waals surface area (Å²) in [6, 6.07) is 35.2. The van der Waals surface area contributed by atoms with Crippen molar-refractivity contribution < 1.29 is 30.7 Å². The van der Waals surface area contributed by atoms with Gasteiger partial charge in [-0.1, -0.05) is 60.7 Å². The Hall–Kier alpha value is -3.75. The second-order valence-electron chi connectivity index (χ2n) is 7.58. The fourth-order valence-corrected chi connectivity index (χ4v) is 4.13. The van der Waals surface area contributed by atoms with Gasteiger partial charge in [0.1, 0.15) is 11.4 Å². The number of benzene rings is 4. The van der Waals surface area contributed by atoms with Crippen LogP contribution in [-0.2, 0) is 21.1 Å². The van der Waals surface area contributed by atoms with Crippen molar-refractivity contribution in [2.75, 3.05) is 0 Å². The first-order valence-corrected chi connectivity index (χ1v) is 10.4. The van der Waals surface area contributed by atoms with E-state index in [0.717, 1.165) is 38.8 Å².